The number of benzene rings is 2. The van der Waals surface area contributed by atoms with E-state index in [0.717, 1.165) is 24.3 Å². The van der Waals surface area contributed by atoms with Crippen LogP contribution in [0.3, 0.4) is 0 Å². The van der Waals surface area contributed by atoms with E-state index >= 15 is 0 Å². The lowest BCUT2D eigenvalue weighted by molar-refractivity contribution is -0.386. The van der Waals surface area contributed by atoms with Crippen LogP contribution in [-0.4, -0.2) is 42.8 Å². The van der Waals surface area contributed by atoms with Gasteiger partial charge in [-0.1, -0.05) is 11.6 Å². The molecule has 0 aliphatic carbocycles. The van der Waals surface area contributed by atoms with E-state index in [1.165, 1.54) is 13.0 Å². The number of nitrogens with one attached hydrogen (secondary N) is 1. The van der Waals surface area contributed by atoms with Crippen LogP contribution in [-0.2, 0) is 20.4 Å². The Labute approximate surface area is 202 Å². The molecular formula is C21H20ClF3N2O8. The van der Waals surface area contributed by atoms with Crippen LogP contribution in [0, 0.1) is 10.1 Å². The molecule has 14 heteroatoms. The van der Waals surface area contributed by atoms with Crippen molar-refractivity contribution >= 4 is 29.4 Å². The summed E-state index contributed by atoms with van der Waals surface area (Å²) in [6.45, 7) is 2.84. The highest BCUT2D eigenvalue weighted by atomic mass is 35.5. The summed E-state index contributed by atoms with van der Waals surface area (Å²) < 4.78 is 58.8. The van der Waals surface area contributed by atoms with Gasteiger partial charge in [0.05, 0.1) is 28.7 Å². The first-order valence-electron chi connectivity index (χ1n) is 9.99. The first-order chi connectivity index (χ1) is 16.4. The van der Waals surface area contributed by atoms with Gasteiger partial charge in [0.2, 0.25) is 5.75 Å². The van der Waals surface area contributed by atoms with Crippen LogP contribution in [0.15, 0.2) is 36.4 Å². The third-order valence-corrected chi connectivity index (χ3v) is 4.44. The quantitative estimate of drug-likeness (QED) is 0.198. The maximum absolute atomic E-state index is 12.8. The first kappa shape index (κ1) is 27.5. The van der Waals surface area contributed by atoms with Gasteiger partial charge in [-0.25, -0.2) is 9.59 Å². The second-order valence-electron chi connectivity index (χ2n) is 6.71. The number of alkyl halides is 3. The molecule has 0 spiro atoms. The number of amides is 1. The summed E-state index contributed by atoms with van der Waals surface area (Å²) in [5.74, 6) is -1.42. The standard InChI is InChI=1S/C21H20ClF3N2O8/c1-3-32-20(29)26-8-9-33-19(28)12(2)34-18-11-14(5-6-16(18)27(30)31)35-17-7-4-13(10-15(17)22)21(23,24)25/h4-7,10-12H,3,8-9H2,1-2H3,(H,26,29). The van der Waals surface area contributed by atoms with Gasteiger partial charge in [0.25, 0.3) is 0 Å². The van der Waals surface area contributed by atoms with Crippen LogP contribution in [0.4, 0.5) is 23.7 Å². The fourth-order valence-electron chi connectivity index (χ4n) is 2.53. The van der Waals surface area contributed by atoms with Gasteiger partial charge in [0.1, 0.15) is 18.1 Å². The highest BCUT2D eigenvalue weighted by molar-refractivity contribution is 6.32. The van der Waals surface area contributed by atoms with Crippen LogP contribution in [0.5, 0.6) is 17.2 Å². The van der Waals surface area contributed by atoms with Gasteiger partial charge in [-0.3, -0.25) is 10.1 Å². The highest BCUT2D eigenvalue weighted by Crippen LogP contribution is 2.38. The SMILES string of the molecule is CCOC(=O)NCCOC(=O)C(C)Oc1cc(Oc2ccc(C(F)(F)F)cc2Cl)ccc1[N+](=O)[O-]. The molecule has 2 rings (SSSR count). The molecule has 1 amide bonds. The lowest BCUT2D eigenvalue weighted by Crippen LogP contribution is -2.32. The second kappa shape index (κ2) is 12.1. The van der Waals surface area contributed by atoms with E-state index in [1.54, 1.807) is 6.92 Å². The van der Waals surface area contributed by atoms with Gasteiger partial charge in [0, 0.05) is 12.1 Å². The Bertz CT molecular complexity index is 1080. The molecule has 2 aromatic carbocycles. The lowest BCUT2D eigenvalue weighted by atomic mass is 10.2. The zero-order valence-corrected chi connectivity index (χ0v) is 19.1. The number of rotatable bonds is 10. The van der Waals surface area contributed by atoms with Crippen molar-refractivity contribution in [3.63, 3.8) is 0 Å². The number of nitro benzene ring substituents is 1. The van der Waals surface area contributed by atoms with Crippen LogP contribution < -0.4 is 14.8 Å². The van der Waals surface area contributed by atoms with Crippen LogP contribution in [0.25, 0.3) is 0 Å². The lowest BCUT2D eigenvalue weighted by Gasteiger charge is -2.15. The fraction of sp³-hybridized carbons (Fsp3) is 0.333. The smallest absolute Gasteiger partial charge is 0.416 e. The predicted octanol–water partition coefficient (Wildman–Crippen LogP) is 5.12. The third-order valence-electron chi connectivity index (χ3n) is 4.14. The minimum absolute atomic E-state index is 0.0331. The molecular weight excluding hydrogens is 501 g/mol. The number of esters is 1. The monoisotopic (exact) mass is 520 g/mol. The van der Waals surface area contributed by atoms with Gasteiger partial charge in [-0.05, 0) is 38.1 Å². The summed E-state index contributed by atoms with van der Waals surface area (Å²) in [6.07, 6.45) is -6.58. The Morgan fingerprint density at radius 3 is 2.46 bits per heavy atom. The average Bonchev–Trinajstić information content (AvgIpc) is 2.77. The number of ether oxygens (including phenoxy) is 4. The fourth-order valence-corrected chi connectivity index (χ4v) is 2.75. The number of nitrogens with zero attached hydrogens (tertiary/aromatic N) is 1. The molecule has 0 aliphatic rings. The number of hydrogen-bond acceptors (Lipinski definition) is 8. The average molecular weight is 521 g/mol. The Balaban J connectivity index is 2.09. The molecule has 0 heterocycles. The molecule has 0 aliphatic heterocycles. The molecule has 0 aromatic heterocycles. The molecule has 0 bridgehead atoms. The Kier molecular flexibility index (Phi) is 9.51. The van der Waals surface area contributed by atoms with Gasteiger partial charge in [-0.2, -0.15) is 13.2 Å². The van der Waals surface area contributed by atoms with Crippen LogP contribution >= 0.6 is 11.6 Å². The molecule has 0 fully saturated rings. The van der Waals surface area contributed by atoms with E-state index in [4.69, 9.17) is 25.8 Å². The number of carbonyl (C=O) groups is 2. The first-order valence-corrected chi connectivity index (χ1v) is 10.4. The Morgan fingerprint density at radius 1 is 1.14 bits per heavy atom. The third kappa shape index (κ3) is 8.21. The summed E-state index contributed by atoms with van der Waals surface area (Å²) in [6, 6.07) is 5.73. The summed E-state index contributed by atoms with van der Waals surface area (Å²) in [5, 5.41) is 13.3. The van der Waals surface area contributed by atoms with Crippen molar-refractivity contribution in [2.45, 2.75) is 26.1 Å². The maximum Gasteiger partial charge on any atom is 0.416 e. The normalized spacial score (nSPS) is 11.8. The van der Waals surface area contributed by atoms with Crippen molar-refractivity contribution in [3.8, 4) is 17.2 Å². The molecule has 1 unspecified atom stereocenters. The molecule has 0 saturated carbocycles. The number of alkyl carbamates (subject to hydrolysis) is 1. The van der Waals surface area contributed by atoms with Crippen molar-refractivity contribution in [1.82, 2.24) is 5.32 Å². The second-order valence-corrected chi connectivity index (χ2v) is 7.11. The predicted molar refractivity (Wildman–Crippen MR) is 116 cm³/mol. The number of carbonyl (C=O) groups excluding carboxylic acids is 2. The van der Waals surface area contributed by atoms with E-state index in [9.17, 15) is 32.9 Å². The van der Waals surface area contributed by atoms with Crippen molar-refractivity contribution < 1.29 is 46.6 Å². The van der Waals surface area contributed by atoms with Gasteiger partial charge < -0.3 is 24.3 Å². The Morgan fingerprint density at radius 2 is 1.86 bits per heavy atom. The topological polar surface area (TPSA) is 126 Å². The molecule has 190 valence electrons. The molecule has 1 atom stereocenters. The van der Waals surface area contributed by atoms with Crippen molar-refractivity contribution in [2.24, 2.45) is 0 Å². The molecule has 10 nitrogen and oxygen atoms in total. The van der Waals surface area contributed by atoms with Crippen LogP contribution in [0.1, 0.15) is 19.4 Å². The summed E-state index contributed by atoms with van der Waals surface area (Å²) in [7, 11) is 0. The summed E-state index contributed by atoms with van der Waals surface area (Å²) in [4.78, 5) is 33.9. The van der Waals surface area contributed by atoms with Gasteiger partial charge in [0.15, 0.2) is 6.10 Å². The maximum atomic E-state index is 12.8. The van der Waals surface area contributed by atoms with E-state index in [1.807, 2.05) is 0 Å². The summed E-state index contributed by atoms with van der Waals surface area (Å²) >= 11 is 5.87. The largest absolute Gasteiger partial charge is 0.472 e. The number of nitro groups is 1. The summed E-state index contributed by atoms with van der Waals surface area (Å²) in [5.41, 5.74) is -1.48. The zero-order valence-electron chi connectivity index (χ0n) is 18.4. The molecule has 35 heavy (non-hydrogen) atoms. The van der Waals surface area contributed by atoms with E-state index in [-0.39, 0.29) is 42.0 Å². The minimum Gasteiger partial charge on any atom is -0.472 e. The van der Waals surface area contributed by atoms with E-state index < -0.39 is 40.5 Å². The van der Waals surface area contributed by atoms with Crippen molar-refractivity contribution in [3.05, 3.63) is 57.1 Å². The minimum atomic E-state index is -4.60. The molecule has 0 radical (unpaired) electrons. The van der Waals surface area contributed by atoms with Crippen LogP contribution in [0.2, 0.25) is 5.02 Å². The number of halogens is 4. The van der Waals surface area contributed by atoms with Crippen molar-refractivity contribution in [1.29, 1.82) is 0 Å². The zero-order chi connectivity index (χ0) is 26.2. The van der Waals surface area contributed by atoms with Crippen molar-refractivity contribution in [2.75, 3.05) is 19.8 Å². The molecule has 0 saturated heterocycles. The van der Waals surface area contributed by atoms with E-state index in [2.05, 4.69) is 10.1 Å². The molecule has 2 aromatic rings. The highest BCUT2D eigenvalue weighted by Gasteiger charge is 2.31. The van der Waals surface area contributed by atoms with Gasteiger partial charge in [-0.15, -0.1) is 0 Å². The number of hydrogen-bond donors (Lipinski definition) is 1. The Hall–Kier alpha value is -3.74. The van der Waals surface area contributed by atoms with Gasteiger partial charge >= 0.3 is 23.9 Å². The van der Waals surface area contributed by atoms with E-state index in [0.29, 0.717) is 6.07 Å². The molecule has 1 N–H and O–H groups in total.